The molecule has 0 bridgehead atoms. The van der Waals surface area contributed by atoms with E-state index in [-0.39, 0.29) is 24.3 Å². The normalized spacial score (nSPS) is 13.9. The predicted molar refractivity (Wildman–Crippen MR) is 108 cm³/mol. The molecule has 3 amide bonds. The molecule has 1 saturated heterocycles. The molecule has 1 heterocycles. The van der Waals surface area contributed by atoms with Gasteiger partial charge in [0, 0.05) is 18.5 Å². The van der Waals surface area contributed by atoms with Crippen molar-refractivity contribution in [2.75, 3.05) is 5.32 Å². The van der Waals surface area contributed by atoms with Gasteiger partial charge in [-0.05, 0) is 34.0 Å². The van der Waals surface area contributed by atoms with Crippen LogP contribution in [0.2, 0.25) is 0 Å². The Morgan fingerprint density at radius 1 is 0.857 bits per heavy atom. The highest BCUT2D eigenvalue weighted by Crippen LogP contribution is 2.20. The van der Waals surface area contributed by atoms with Crippen LogP contribution in [0.4, 0.5) is 5.69 Å². The monoisotopic (exact) mass is 372 g/mol. The molecule has 1 fully saturated rings. The maximum Gasteiger partial charge on any atom is 0.229 e. The maximum absolute atomic E-state index is 12.5. The summed E-state index contributed by atoms with van der Waals surface area (Å²) in [5.41, 5.74) is 2.53. The van der Waals surface area contributed by atoms with Gasteiger partial charge >= 0.3 is 0 Å². The van der Waals surface area contributed by atoms with Gasteiger partial charge in [0.2, 0.25) is 17.7 Å². The van der Waals surface area contributed by atoms with Crippen LogP contribution in [0.3, 0.4) is 0 Å². The molecule has 140 valence electrons. The van der Waals surface area contributed by atoms with Crippen molar-refractivity contribution in [1.82, 2.24) is 4.90 Å². The first-order valence-electron chi connectivity index (χ1n) is 9.29. The summed E-state index contributed by atoms with van der Waals surface area (Å²) in [7, 11) is 0. The Labute approximate surface area is 163 Å². The first-order valence-corrected chi connectivity index (χ1v) is 9.29. The van der Waals surface area contributed by atoms with E-state index < -0.39 is 0 Å². The van der Waals surface area contributed by atoms with E-state index in [9.17, 15) is 14.4 Å². The third-order valence-electron chi connectivity index (χ3n) is 4.96. The summed E-state index contributed by atoms with van der Waals surface area (Å²) in [5, 5.41) is 5.10. The van der Waals surface area contributed by atoms with E-state index in [1.807, 2.05) is 54.6 Å². The third-order valence-corrected chi connectivity index (χ3v) is 4.96. The molecule has 4 rings (SSSR count). The molecular formula is C23H20N2O3. The van der Waals surface area contributed by atoms with E-state index in [2.05, 4.69) is 5.32 Å². The van der Waals surface area contributed by atoms with Crippen LogP contribution in [0, 0.1) is 0 Å². The fraction of sp³-hybridized carbons (Fsp3) is 0.174. The number of nitrogens with zero attached hydrogens (tertiary/aromatic N) is 1. The molecule has 0 aliphatic carbocycles. The summed E-state index contributed by atoms with van der Waals surface area (Å²) in [6.45, 7) is 0.280. The number of hydrogen-bond donors (Lipinski definition) is 1. The molecular weight excluding hydrogens is 352 g/mol. The number of amides is 3. The summed E-state index contributed by atoms with van der Waals surface area (Å²) in [6.07, 6.45) is 0.877. The Bertz CT molecular complexity index is 1040. The van der Waals surface area contributed by atoms with Crippen LogP contribution in [-0.4, -0.2) is 22.6 Å². The van der Waals surface area contributed by atoms with Crippen LogP contribution < -0.4 is 5.32 Å². The van der Waals surface area contributed by atoms with Crippen LogP contribution in [0.15, 0.2) is 66.7 Å². The summed E-state index contributed by atoms with van der Waals surface area (Å²) in [6, 6.07) is 21.2. The smallest absolute Gasteiger partial charge is 0.229 e. The Morgan fingerprint density at radius 3 is 2.29 bits per heavy atom. The van der Waals surface area contributed by atoms with Crippen molar-refractivity contribution in [1.29, 1.82) is 0 Å². The second kappa shape index (κ2) is 7.64. The first-order chi connectivity index (χ1) is 13.6. The molecule has 1 N–H and O–H groups in total. The number of anilines is 1. The SMILES string of the molecule is O=C(Cc1cccc2ccccc12)Nc1ccc(CN2C(=O)CCC2=O)cc1. The molecule has 5 nitrogen and oxygen atoms in total. The van der Waals surface area contributed by atoms with Gasteiger partial charge in [-0.2, -0.15) is 0 Å². The Balaban J connectivity index is 1.41. The number of carbonyl (C=O) groups is 3. The van der Waals surface area contributed by atoms with Crippen molar-refractivity contribution in [3.63, 3.8) is 0 Å². The van der Waals surface area contributed by atoms with E-state index in [4.69, 9.17) is 0 Å². The number of fused-ring (bicyclic) bond motifs is 1. The van der Waals surface area contributed by atoms with E-state index >= 15 is 0 Å². The van der Waals surface area contributed by atoms with Crippen LogP contribution >= 0.6 is 0 Å². The highest BCUT2D eigenvalue weighted by atomic mass is 16.2. The average Bonchev–Trinajstić information content (AvgIpc) is 3.02. The van der Waals surface area contributed by atoms with Crippen LogP contribution in [0.5, 0.6) is 0 Å². The molecule has 0 spiro atoms. The van der Waals surface area contributed by atoms with Gasteiger partial charge in [0.1, 0.15) is 0 Å². The lowest BCUT2D eigenvalue weighted by molar-refractivity contribution is -0.139. The molecule has 1 aliphatic heterocycles. The number of imide groups is 1. The minimum Gasteiger partial charge on any atom is -0.326 e. The molecule has 3 aromatic carbocycles. The number of hydrogen-bond acceptors (Lipinski definition) is 3. The van der Waals surface area contributed by atoms with Gasteiger partial charge in [-0.15, -0.1) is 0 Å². The Morgan fingerprint density at radius 2 is 1.54 bits per heavy atom. The zero-order valence-corrected chi connectivity index (χ0v) is 15.4. The highest BCUT2D eigenvalue weighted by Gasteiger charge is 2.28. The molecule has 0 radical (unpaired) electrons. The van der Waals surface area contributed by atoms with Gasteiger partial charge in [-0.1, -0.05) is 54.6 Å². The molecule has 0 unspecified atom stereocenters. The van der Waals surface area contributed by atoms with Gasteiger partial charge in [0.05, 0.1) is 13.0 Å². The van der Waals surface area contributed by atoms with Crippen molar-refractivity contribution in [2.45, 2.75) is 25.8 Å². The summed E-state index contributed by atoms with van der Waals surface area (Å²) >= 11 is 0. The van der Waals surface area contributed by atoms with E-state index in [1.165, 1.54) is 4.90 Å². The van der Waals surface area contributed by atoms with E-state index in [0.717, 1.165) is 21.9 Å². The molecule has 0 aromatic heterocycles. The second-order valence-corrected chi connectivity index (χ2v) is 6.93. The van der Waals surface area contributed by atoms with Gasteiger partial charge in [0.15, 0.2) is 0 Å². The topological polar surface area (TPSA) is 66.5 Å². The second-order valence-electron chi connectivity index (χ2n) is 6.93. The minimum absolute atomic E-state index is 0.0889. The van der Waals surface area contributed by atoms with Crippen molar-refractivity contribution in [3.8, 4) is 0 Å². The number of benzene rings is 3. The fourth-order valence-electron chi connectivity index (χ4n) is 3.50. The molecule has 5 heteroatoms. The zero-order chi connectivity index (χ0) is 19.5. The van der Waals surface area contributed by atoms with Crippen molar-refractivity contribution < 1.29 is 14.4 Å². The largest absolute Gasteiger partial charge is 0.326 e. The number of likely N-dealkylation sites (tertiary alicyclic amines) is 1. The summed E-state index contributed by atoms with van der Waals surface area (Å²) < 4.78 is 0. The van der Waals surface area contributed by atoms with Crippen molar-refractivity contribution in [3.05, 3.63) is 77.9 Å². The minimum atomic E-state index is -0.127. The van der Waals surface area contributed by atoms with Gasteiger partial charge < -0.3 is 5.32 Å². The molecule has 28 heavy (non-hydrogen) atoms. The Hall–Kier alpha value is -3.47. The predicted octanol–water partition coefficient (Wildman–Crippen LogP) is 3.67. The lowest BCUT2D eigenvalue weighted by Gasteiger charge is -2.14. The zero-order valence-electron chi connectivity index (χ0n) is 15.4. The van der Waals surface area contributed by atoms with E-state index in [0.29, 0.717) is 24.9 Å². The quantitative estimate of drug-likeness (QED) is 0.695. The third kappa shape index (κ3) is 3.78. The van der Waals surface area contributed by atoms with Gasteiger partial charge in [-0.3, -0.25) is 19.3 Å². The lowest BCUT2D eigenvalue weighted by atomic mass is 10.0. The number of rotatable bonds is 5. The fourth-order valence-corrected chi connectivity index (χ4v) is 3.50. The lowest BCUT2D eigenvalue weighted by Crippen LogP contribution is -2.28. The molecule has 1 aliphatic rings. The summed E-state index contributed by atoms with van der Waals surface area (Å²) in [5.74, 6) is -0.344. The average molecular weight is 372 g/mol. The number of carbonyl (C=O) groups excluding carboxylic acids is 3. The van der Waals surface area contributed by atoms with Gasteiger partial charge in [-0.25, -0.2) is 0 Å². The molecule has 0 saturated carbocycles. The molecule has 0 atom stereocenters. The molecule has 3 aromatic rings. The van der Waals surface area contributed by atoms with Crippen LogP contribution in [-0.2, 0) is 27.3 Å². The van der Waals surface area contributed by atoms with Gasteiger partial charge in [0.25, 0.3) is 0 Å². The standard InChI is InChI=1S/C23H20N2O3/c26-21(14-18-6-3-5-17-4-1-2-7-20(17)18)24-19-10-8-16(9-11-19)15-25-22(27)12-13-23(25)28/h1-11H,12-15H2,(H,24,26). The maximum atomic E-state index is 12.5. The van der Waals surface area contributed by atoms with Crippen LogP contribution in [0.1, 0.15) is 24.0 Å². The van der Waals surface area contributed by atoms with Crippen LogP contribution in [0.25, 0.3) is 10.8 Å². The van der Waals surface area contributed by atoms with Crippen molar-refractivity contribution in [2.24, 2.45) is 0 Å². The van der Waals surface area contributed by atoms with Crippen molar-refractivity contribution >= 4 is 34.2 Å². The highest BCUT2D eigenvalue weighted by molar-refractivity contribution is 6.01. The Kier molecular flexibility index (Phi) is 4.89. The first kappa shape index (κ1) is 17.9. The number of nitrogens with one attached hydrogen (secondary N) is 1. The summed E-state index contributed by atoms with van der Waals surface area (Å²) in [4.78, 5) is 37.2. The van der Waals surface area contributed by atoms with E-state index in [1.54, 1.807) is 12.1 Å².